The second kappa shape index (κ2) is 5.32. The van der Waals surface area contributed by atoms with Crippen LogP contribution in [0.15, 0.2) is 60.9 Å². The van der Waals surface area contributed by atoms with Crippen LogP contribution in [0.5, 0.6) is 0 Å². The second-order valence-electron chi connectivity index (χ2n) is 4.71. The van der Waals surface area contributed by atoms with Gasteiger partial charge in [0.1, 0.15) is 5.82 Å². The largest absolute Gasteiger partial charge is 0.311 e. The molecule has 0 unspecified atom stereocenters. The van der Waals surface area contributed by atoms with Gasteiger partial charge in [-0.05, 0) is 29.7 Å². The quantitative estimate of drug-likeness (QED) is 0.718. The normalized spacial score (nSPS) is 10.6. The Kier molecular flexibility index (Phi) is 3.36. The summed E-state index contributed by atoms with van der Waals surface area (Å²) in [7, 11) is 1.69. The maximum atomic E-state index is 13.8. The van der Waals surface area contributed by atoms with Crippen LogP contribution < -0.4 is 4.90 Å². The van der Waals surface area contributed by atoms with Gasteiger partial charge in [-0.15, -0.1) is 0 Å². The number of nitrogens with zero attached hydrogens (tertiary/aromatic N) is 2. The minimum absolute atomic E-state index is 0.183. The zero-order valence-corrected chi connectivity index (χ0v) is 11.5. The summed E-state index contributed by atoms with van der Waals surface area (Å²) in [6.07, 6.45) is 3.25. The van der Waals surface area contributed by atoms with E-state index in [9.17, 15) is 9.18 Å². The van der Waals surface area contributed by atoms with Gasteiger partial charge in [-0.2, -0.15) is 0 Å². The first-order valence-corrected chi connectivity index (χ1v) is 6.54. The average molecular weight is 280 g/mol. The molecule has 2 aromatic carbocycles. The third-order valence-electron chi connectivity index (χ3n) is 3.46. The van der Waals surface area contributed by atoms with E-state index in [-0.39, 0.29) is 11.7 Å². The maximum Gasteiger partial charge on any atom is 0.258 e. The van der Waals surface area contributed by atoms with E-state index in [1.54, 1.807) is 55.8 Å². The third-order valence-corrected chi connectivity index (χ3v) is 3.46. The van der Waals surface area contributed by atoms with Gasteiger partial charge in [0.2, 0.25) is 0 Å². The fourth-order valence-electron chi connectivity index (χ4n) is 2.31. The van der Waals surface area contributed by atoms with E-state index < -0.39 is 0 Å². The van der Waals surface area contributed by atoms with Crippen LogP contribution in [0.3, 0.4) is 0 Å². The zero-order chi connectivity index (χ0) is 14.8. The molecule has 3 rings (SSSR count). The molecule has 0 saturated heterocycles. The molecule has 21 heavy (non-hydrogen) atoms. The van der Waals surface area contributed by atoms with Crippen molar-refractivity contribution in [2.45, 2.75) is 0 Å². The summed E-state index contributed by atoms with van der Waals surface area (Å²) in [5.74, 6) is -0.508. The first kappa shape index (κ1) is 13.2. The van der Waals surface area contributed by atoms with Crippen LogP contribution in [0.1, 0.15) is 10.4 Å². The van der Waals surface area contributed by atoms with Crippen molar-refractivity contribution < 1.29 is 9.18 Å². The molecule has 104 valence electrons. The number of pyridine rings is 1. The van der Waals surface area contributed by atoms with Gasteiger partial charge in [0.15, 0.2) is 0 Å². The molecular formula is C17H13FN2O. The Morgan fingerprint density at radius 1 is 1.00 bits per heavy atom. The van der Waals surface area contributed by atoms with Gasteiger partial charge in [0.05, 0.1) is 0 Å². The first-order chi connectivity index (χ1) is 10.2. The minimum Gasteiger partial charge on any atom is -0.311 e. The number of hydrogen-bond donors (Lipinski definition) is 0. The van der Waals surface area contributed by atoms with Crippen molar-refractivity contribution in [3.63, 3.8) is 0 Å². The summed E-state index contributed by atoms with van der Waals surface area (Å²) in [6, 6.07) is 13.3. The lowest BCUT2D eigenvalue weighted by molar-refractivity contribution is 0.0994. The number of carbonyl (C=O) groups excluding carboxylic acids is 1. The molecule has 0 bridgehead atoms. The van der Waals surface area contributed by atoms with Crippen molar-refractivity contribution in [2.75, 3.05) is 11.9 Å². The van der Waals surface area contributed by atoms with Crippen LogP contribution in [0.25, 0.3) is 10.8 Å². The van der Waals surface area contributed by atoms with Gasteiger partial charge < -0.3 is 4.90 Å². The minimum atomic E-state index is -0.325. The van der Waals surface area contributed by atoms with Crippen LogP contribution in [-0.4, -0.2) is 17.9 Å². The summed E-state index contributed by atoms with van der Waals surface area (Å²) in [4.78, 5) is 18.1. The Labute approximate surface area is 121 Å². The van der Waals surface area contributed by atoms with Gasteiger partial charge in [-0.3, -0.25) is 9.78 Å². The average Bonchev–Trinajstić information content (AvgIpc) is 2.55. The fraction of sp³-hybridized carbons (Fsp3) is 0.0588. The standard InChI is InChI=1S/C17H13FN2O/c1-20(12-8-10-19-11-9-12)17(21)15-6-7-16(18)14-5-3-2-4-13(14)15/h2-11H,1H3. The Morgan fingerprint density at radius 2 is 1.67 bits per heavy atom. The predicted octanol–water partition coefficient (Wildman–Crippen LogP) is 3.65. The van der Waals surface area contributed by atoms with Crippen molar-refractivity contribution in [1.29, 1.82) is 0 Å². The topological polar surface area (TPSA) is 33.2 Å². The van der Waals surface area contributed by atoms with E-state index in [4.69, 9.17) is 0 Å². The molecule has 1 amide bonds. The molecule has 0 spiro atoms. The van der Waals surface area contributed by atoms with Crippen molar-refractivity contribution in [2.24, 2.45) is 0 Å². The van der Waals surface area contributed by atoms with Crippen LogP contribution in [0.2, 0.25) is 0 Å². The number of fused-ring (bicyclic) bond motifs is 1. The molecular weight excluding hydrogens is 267 g/mol. The fourth-order valence-corrected chi connectivity index (χ4v) is 2.31. The number of halogens is 1. The lowest BCUT2D eigenvalue weighted by atomic mass is 10.0. The van der Waals surface area contributed by atoms with Crippen molar-refractivity contribution >= 4 is 22.4 Å². The summed E-state index contributed by atoms with van der Waals surface area (Å²) >= 11 is 0. The molecule has 3 aromatic rings. The lowest BCUT2D eigenvalue weighted by Crippen LogP contribution is -2.26. The Hall–Kier alpha value is -2.75. The molecule has 0 radical (unpaired) electrons. The van der Waals surface area contributed by atoms with E-state index >= 15 is 0 Å². The molecule has 0 atom stereocenters. The lowest BCUT2D eigenvalue weighted by Gasteiger charge is -2.18. The highest BCUT2D eigenvalue weighted by Crippen LogP contribution is 2.24. The van der Waals surface area contributed by atoms with Crippen LogP contribution in [0.4, 0.5) is 10.1 Å². The highest BCUT2D eigenvalue weighted by atomic mass is 19.1. The van der Waals surface area contributed by atoms with Crippen LogP contribution >= 0.6 is 0 Å². The number of rotatable bonds is 2. The van der Waals surface area contributed by atoms with Crippen molar-refractivity contribution in [3.8, 4) is 0 Å². The van der Waals surface area contributed by atoms with E-state index in [1.165, 1.54) is 17.0 Å². The molecule has 0 N–H and O–H groups in total. The molecule has 0 aliphatic heterocycles. The number of amides is 1. The molecule has 0 fully saturated rings. The van der Waals surface area contributed by atoms with E-state index in [2.05, 4.69) is 4.98 Å². The Balaban J connectivity index is 2.09. The Bertz CT molecular complexity index is 802. The van der Waals surface area contributed by atoms with Crippen LogP contribution in [-0.2, 0) is 0 Å². The highest BCUT2D eigenvalue weighted by molar-refractivity contribution is 6.13. The molecule has 4 heteroatoms. The van der Waals surface area contributed by atoms with Gasteiger partial charge in [0, 0.05) is 36.1 Å². The molecule has 0 saturated carbocycles. The van der Waals surface area contributed by atoms with E-state index in [0.29, 0.717) is 16.3 Å². The molecule has 3 nitrogen and oxygen atoms in total. The SMILES string of the molecule is CN(C(=O)c1ccc(F)c2ccccc12)c1ccncc1. The van der Waals surface area contributed by atoms with Gasteiger partial charge >= 0.3 is 0 Å². The van der Waals surface area contributed by atoms with Crippen molar-refractivity contribution in [3.05, 3.63) is 72.3 Å². The van der Waals surface area contributed by atoms with E-state index in [1.807, 2.05) is 0 Å². The number of anilines is 1. The Morgan fingerprint density at radius 3 is 2.38 bits per heavy atom. The third kappa shape index (κ3) is 2.36. The maximum absolute atomic E-state index is 13.8. The van der Waals surface area contributed by atoms with Crippen LogP contribution in [0, 0.1) is 5.82 Å². The highest BCUT2D eigenvalue weighted by Gasteiger charge is 2.17. The second-order valence-corrected chi connectivity index (χ2v) is 4.71. The van der Waals surface area contributed by atoms with Gasteiger partial charge in [-0.25, -0.2) is 4.39 Å². The predicted molar refractivity (Wildman–Crippen MR) is 80.9 cm³/mol. The van der Waals surface area contributed by atoms with E-state index in [0.717, 1.165) is 5.69 Å². The first-order valence-electron chi connectivity index (χ1n) is 6.54. The van der Waals surface area contributed by atoms with Crippen molar-refractivity contribution in [1.82, 2.24) is 4.98 Å². The number of aromatic nitrogens is 1. The number of hydrogen-bond acceptors (Lipinski definition) is 2. The summed E-state index contributed by atoms with van der Waals surface area (Å²) < 4.78 is 13.8. The number of carbonyl (C=O) groups is 1. The van der Waals surface area contributed by atoms with Gasteiger partial charge in [-0.1, -0.05) is 24.3 Å². The summed E-state index contributed by atoms with van der Waals surface area (Å²) in [5, 5.41) is 1.06. The zero-order valence-electron chi connectivity index (χ0n) is 11.5. The monoisotopic (exact) mass is 280 g/mol. The smallest absolute Gasteiger partial charge is 0.258 e. The molecule has 0 aliphatic carbocycles. The van der Waals surface area contributed by atoms with Gasteiger partial charge in [0.25, 0.3) is 5.91 Å². The summed E-state index contributed by atoms with van der Waals surface area (Å²) in [6.45, 7) is 0. The molecule has 1 aromatic heterocycles. The number of benzene rings is 2. The molecule has 1 heterocycles. The summed E-state index contributed by atoms with van der Waals surface area (Å²) in [5.41, 5.74) is 1.22. The molecule has 0 aliphatic rings.